The molecule has 2 heterocycles. The molecule has 1 saturated carbocycles. The highest BCUT2D eigenvalue weighted by molar-refractivity contribution is 6.33. The Hall–Kier alpha value is -2.08. The number of rotatable bonds is 3. The molecule has 25 heavy (non-hydrogen) atoms. The summed E-state index contributed by atoms with van der Waals surface area (Å²) in [7, 11) is 0. The predicted octanol–water partition coefficient (Wildman–Crippen LogP) is 3.89. The fourth-order valence-corrected chi connectivity index (χ4v) is 3.74. The molecule has 0 bridgehead atoms. The summed E-state index contributed by atoms with van der Waals surface area (Å²) in [6, 6.07) is 5.13. The summed E-state index contributed by atoms with van der Waals surface area (Å²) in [6.45, 7) is 5.17. The molecule has 0 N–H and O–H groups in total. The Balaban J connectivity index is 1.71. The fraction of sp³-hybridized carbons (Fsp3) is 0.444. The van der Waals surface area contributed by atoms with Crippen molar-refractivity contribution in [1.82, 2.24) is 9.78 Å². The first kappa shape index (κ1) is 16.4. The van der Waals surface area contributed by atoms with Gasteiger partial charge in [0.15, 0.2) is 0 Å². The molecule has 132 valence electrons. The Labute approximate surface area is 151 Å². The molecule has 4 rings (SSSR count). The van der Waals surface area contributed by atoms with Crippen LogP contribution in [0.15, 0.2) is 24.4 Å². The second-order valence-corrected chi connectivity index (χ2v) is 7.26. The summed E-state index contributed by atoms with van der Waals surface area (Å²) in [5.41, 5.74) is 1.90. The lowest BCUT2D eigenvalue weighted by Gasteiger charge is -2.38. The lowest BCUT2D eigenvalue weighted by molar-refractivity contribution is 0.0986. The minimum atomic E-state index is -0.288. The summed E-state index contributed by atoms with van der Waals surface area (Å²) in [6.07, 6.45) is 3.76. The molecule has 2 aliphatic rings. The third-order valence-electron chi connectivity index (χ3n) is 4.79. The molecule has 1 amide bonds. The van der Waals surface area contributed by atoms with Gasteiger partial charge in [-0.2, -0.15) is 5.10 Å². The molecule has 7 heteroatoms. The molecule has 0 atom stereocenters. The van der Waals surface area contributed by atoms with Crippen LogP contribution in [0.1, 0.15) is 43.1 Å². The average molecular weight is 363 g/mol. The van der Waals surface area contributed by atoms with Crippen LogP contribution < -0.4 is 9.80 Å². The van der Waals surface area contributed by atoms with E-state index in [1.54, 1.807) is 15.6 Å². The van der Waals surface area contributed by atoms with Crippen molar-refractivity contribution in [2.24, 2.45) is 0 Å². The van der Waals surface area contributed by atoms with E-state index in [9.17, 15) is 9.18 Å². The number of hydrogen-bond donors (Lipinski definition) is 0. The van der Waals surface area contributed by atoms with E-state index in [1.165, 1.54) is 18.3 Å². The fourth-order valence-electron chi connectivity index (χ4n) is 3.38. The van der Waals surface area contributed by atoms with Gasteiger partial charge in [0.05, 0.1) is 23.1 Å². The maximum atomic E-state index is 13.8. The SMILES string of the molecule is CC(C)n1ncc(C(=O)N2CCN(C3CC3)c3cc(F)ccc32)c1Cl. The highest BCUT2D eigenvalue weighted by Gasteiger charge is 2.36. The minimum Gasteiger partial charge on any atom is -0.365 e. The van der Waals surface area contributed by atoms with Crippen LogP contribution in [0.25, 0.3) is 0 Å². The molecule has 0 unspecified atom stereocenters. The van der Waals surface area contributed by atoms with E-state index in [4.69, 9.17) is 11.6 Å². The molecule has 2 aromatic rings. The van der Waals surface area contributed by atoms with Crippen LogP contribution in [0.5, 0.6) is 0 Å². The van der Waals surface area contributed by atoms with E-state index >= 15 is 0 Å². The van der Waals surface area contributed by atoms with Crippen molar-refractivity contribution < 1.29 is 9.18 Å². The third kappa shape index (κ3) is 2.78. The van der Waals surface area contributed by atoms with Crippen LogP contribution in [0, 0.1) is 5.82 Å². The quantitative estimate of drug-likeness (QED) is 0.831. The molecule has 1 aliphatic heterocycles. The first-order valence-electron chi connectivity index (χ1n) is 8.58. The first-order valence-corrected chi connectivity index (χ1v) is 8.96. The van der Waals surface area contributed by atoms with Gasteiger partial charge >= 0.3 is 0 Å². The lowest BCUT2D eigenvalue weighted by Crippen LogP contribution is -2.45. The Kier molecular flexibility index (Phi) is 3.95. The van der Waals surface area contributed by atoms with E-state index in [2.05, 4.69) is 10.00 Å². The van der Waals surface area contributed by atoms with Gasteiger partial charge in [-0.1, -0.05) is 11.6 Å². The number of fused-ring (bicyclic) bond motifs is 1. The van der Waals surface area contributed by atoms with Gasteiger partial charge in [-0.05, 0) is 44.9 Å². The first-order chi connectivity index (χ1) is 12.0. The second-order valence-electron chi connectivity index (χ2n) is 6.90. The Bertz CT molecular complexity index is 830. The number of hydrogen-bond acceptors (Lipinski definition) is 3. The molecule has 0 radical (unpaired) electrons. The maximum Gasteiger partial charge on any atom is 0.263 e. The molecule has 1 fully saturated rings. The average Bonchev–Trinajstić information content (AvgIpc) is 3.34. The van der Waals surface area contributed by atoms with Crippen LogP contribution in [0.2, 0.25) is 5.15 Å². The second kappa shape index (κ2) is 6.02. The Morgan fingerprint density at radius 1 is 1.28 bits per heavy atom. The zero-order valence-corrected chi connectivity index (χ0v) is 15.0. The molecule has 0 spiro atoms. The highest BCUT2D eigenvalue weighted by atomic mass is 35.5. The number of anilines is 2. The third-order valence-corrected chi connectivity index (χ3v) is 5.17. The van der Waals surface area contributed by atoms with Crippen molar-refractivity contribution in [2.75, 3.05) is 22.9 Å². The van der Waals surface area contributed by atoms with Gasteiger partial charge in [0.25, 0.3) is 5.91 Å². The summed E-state index contributed by atoms with van der Waals surface area (Å²) < 4.78 is 15.4. The van der Waals surface area contributed by atoms with Gasteiger partial charge in [0.2, 0.25) is 0 Å². The minimum absolute atomic E-state index is 0.0714. The summed E-state index contributed by atoms with van der Waals surface area (Å²) >= 11 is 6.36. The standard InChI is InChI=1S/C18H20ClFN4O/c1-11(2)24-17(19)14(10-21-24)18(25)23-8-7-22(13-4-5-13)16-9-12(20)3-6-15(16)23/h3,6,9-11,13H,4-5,7-8H2,1-2H3. The van der Waals surface area contributed by atoms with Gasteiger partial charge < -0.3 is 9.80 Å². The van der Waals surface area contributed by atoms with Gasteiger partial charge in [-0.3, -0.25) is 9.48 Å². The Morgan fingerprint density at radius 3 is 2.68 bits per heavy atom. The zero-order valence-electron chi connectivity index (χ0n) is 14.2. The van der Waals surface area contributed by atoms with Crippen LogP contribution in [-0.4, -0.2) is 34.8 Å². The summed E-state index contributed by atoms with van der Waals surface area (Å²) in [5, 5.41) is 4.56. The van der Waals surface area contributed by atoms with E-state index in [1.807, 2.05) is 13.8 Å². The summed E-state index contributed by atoms with van der Waals surface area (Å²) in [5.74, 6) is -0.482. The van der Waals surface area contributed by atoms with Crippen molar-refractivity contribution in [1.29, 1.82) is 0 Å². The number of aromatic nitrogens is 2. The number of amides is 1. The molecule has 1 aromatic carbocycles. The molecule has 0 saturated heterocycles. The number of carbonyl (C=O) groups excluding carboxylic acids is 1. The van der Waals surface area contributed by atoms with Crippen molar-refractivity contribution in [3.05, 3.63) is 40.9 Å². The molecular formula is C18H20ClFN4O. The number of halogens is 2. The maximum absolute atomic E-state index is 13.8. The van der Waals surface area contributed by atoms with E-state index in [0.29, 0.717) is 29.8 Å². The Morgan fingerprint density at radius 2 is 2.04 bits per heavy atom. The number of carbonyl (C=O) groups is 1. The summed E-state index contributed by atoms with van der Waals surface area (Å²) in [4.78, 5) is 17.0. The van der Waals surface area contributed by atoms with Crippen molar-refractivity contribution in [3.8, 4) is 0 Å². The highest BCUT2D eigenvalue weighted by Crippen LogP contribution is 2.41. The predicted molar refractivity (Wildman–Crippen MR) is 96.1 cm³/mol. The normalized spacial score (nSPS) is 17.2. The lowest BCUT2D eigenvalue weighted by atomic mass is 10.1. The van der Waals surface area contributed by atoms with Crippen LogP contribution in [-0.2, 0) is 0 Å². The van der Waals surface area contributed by atoms with Crippen molar-refractivity contribution >= 4 is 28.9 Å². The number of nitrogens with zero attached hydrogens (tertiary/aromatic N) is 4. The van der Waals surface area contributed by atoms with Gasteiger partial charge in [-0.25, -0.2) is 4.39 Å². The zero-order chi connectivity index (χ0) is 17.7. The van der Waals surface area contributed by atoms with Crippen LogP contribution >= 0.6 is 11.6 Å². The topological polar surface area (TPSA) is 41.4 Å². The van der Waals surface area contributed by atoms with Crippen LogP contribution in [0.3, 0.4) is 0 Å². The van der Waals surface area contributed by atoms with Gasteiger partial charge in [0, 0.05) is 25.2 Å². The van der Waals surface area contributed by atoms with Crippen LogP contribution in [0.4, 0.5) is 15.8 Å². The van der Waals surface area contributed by atoms with E-state index in [-0.39, 0.29) is 17.8 Å². The molecule has 1 aromatic heterocycles. The van der Waals surface area contributed by atoms with E-state index < -0.39 is 0 Å². The smallest absolute Gasteiger partial charge is 0.263 e. The molecule has 1 aliphatic carbocycles. The van der Waals surface area contributed by atoms with E-state index in [0.717, 1.165) is 24.2 Å². The number of benzene rings is 1. The monoisotopic (exact) mass is 362 g/mol. The largest absolute Gasteiger partial charge is 0.365 e. The molecular weight excluding hydrogens is 343 g/mol. The van der Waals surface area contributed by atoms with Crippen molar-refractivity contribution in [2.45, 2.75) is 38.8 Å². The van der Waals surface area contributed by atoms with Gasteiger partial charge in [0.1, 0.15) is 11.0 Å². The van der Waals surface area contributed by atoms with Gasteiger partial charge in [-0.15, -0.1) is 0 Å². The molecule has 5 nitrogen and oxygen atoms in total. The van der Waals surface area contributed by atoms with Crippen molar-refractivity contribution in [3.63, 3.8) is 0 Å².